The van der Waals surface area contributed by atoms with Gasteiger partial charge in [0.15, 0.2) is 0 Å². The highest BCUT2D eigenvalue weighted by molar-refractivity contribution is 9.11. The van der Waals surface area contributed by atoms with Crippen LogP contribution in [0.3, 0.4) is 0 Å². The van der Waals surface area contributed by atoms with Gasteiger partial charge in [0, 0.05) is 40.1 Å². The molecule has 2 aliphatic heterocycles. The highest BCUT2D eigenvalue weighted by Crippen LogP contribution is 2.51. The second-order valence-corrected chi connectivity index (χ2v) is 28.3. The summed E-state index contributed by atoms with van der Waals surface area (Å²) in [7, 11) is 0. The second-order valence-electron chi connectivity index (χ2n) is 22.6. The second kappa shape index (κ2) is 34.6. The van der Waals surface area contributed by atoms with Crippen LogP contribution in [0.15, 0.2) is 39.5 Å². The number of carbonyl (C=O) groups is 2. The fraction of sp³-hybridized carbons (Fsp3) is 0.692. The molecule has 2 unspecified atom stereocenters. The minimum atomic E-state index is -0.0316. The average Bonchev–Trinajstić information content (AvgIpc) is 4.32. The van der Waals surface area contributed by atoms with Crippen molar-refractivity contribution in [1.29, 1.82) is 0 Å². The molecular weight excluding hydrogens is 1080 g/mol. The van der Waals surface area contributed by atoms with Crippen molar-refractivity contribution in [3.8, 4) is 19.5 Å². The molecule has 0 saturated carbocycles. The fourth-order valence-corrected chi connectivity index (χ4v) is 16.5. The molecule has 0 radical (unpaired) electrons. The molecule has 76 heavy (non-hydrogen) atoms. The molecule has 2 aliphatic rings. The van der Waals surface area contributed by atoms with Crippen LogP contribution in [0.1, 0.15) is 273 Å². The third-order valence-electron chi connectivity index (χ3n) is 16.2. The number of fused-ring (bicyclic) bond motifs is 1. The highest BCUT2D eigenvalue weighted by Gasteiger charge is 2.51. The minimum Gasteiger partial charge on any atom is -0.304 e. The zero-order chi connectivity index (χ0) is 54.1. The van der Waals surface area contributed by atoms with Gasteiger partial charge < -0.3 is 9.80 Å². The Morgan fingerprint density at radius 1 is 0.434 bits per heavy atom. The van der Waals surface area contributed by atoms with E-state index in [0.29, 0.717) is 36.1 Å². The smallest absolute Gasteiger partial charge is 0.261 e. The molecule has 0 aromatic carbocycles. The first-order chi connectivity index (χ1) is 37.2. The Bertz CT molecular complexity index is 2240. The number of rotatable bonds is 42. The van der Waals surface area contributed by atoms with E-state index in [1.165, 1.54) is 209 Å². The maximum Gasteiger partial charge on any atom is 0.261 e. The number of aryl methyl sites for hydroxylation is 3. The van der Waals surface area contributed by atoms with Crippen molar-refractivity contribution in [2.75, 3.05) is 13.1 Å². The molecule has 4 aromatic rings. The molecule has 6 rings (SSSR count). The summed E-state index contributed by atoms with van der Waals surface area (Å²) in [5, 5.41) is 1.57. The van der Waals surface area contributed by atoms with Gasteiger partial charge in [-0.3, -0.25) is 9.59 Å². The molecular formula is C65H99BrN4O2S4. The molecule has 4 aromatic heterocycles. The number of unbranched alkanes of at least 4 members (excludes halogenated alkanes) is 22. The molecule has 6 heterocycles. The SMILES string of the molecule is CCCCCCCCC(CCCCCC)CN1C(=O)C2=C(c3ncc(-c4cc(CCCCCC)c(Br)s4)s3)N(CC(CCCCCC)CCCCCCCC)C(=O)C2=C1c1ncc(-c2cc(CCCCCC)c(C)s2)s1. The number of thiophene rings is 2. The Labute approximate surface area is 487 Å². The lowest BCUT2D eigenvalue weighted by Gasteiger charge is -2.29. The molecule has 2 atom stereocenters. The van der Waals surface area contributed by atoms with E-state index in [4.69, 9.17) is 9.97 Å². The first-order valence-corrected chi connectivity index (χ1v) is 35.2. The zero-order valence-electron chi connectivity index (χ0n) is 48.5. The molecule has 2 amide bonds. The molecule has 0 saturated heterocycles. The highest BCUT2D eigenvalue weighted by atomic mass is 79.9. The lowest BCUT2D eigenvalue weighted by Crippen LogP contribution is -2.35. The minimum absolute atomic E-state index is 0.0316. The summed E-state index contributed by atoms with van der Waals surface area (Å²) in [6.07, 6.45) is 45.2. The van der Waals surface area contributed by atoms with Gasteiger partial charge in [0.1, 0.15) is 10.0 Å². The molecule has 0 aliphatic carbocycles. The predicted octanol–water partition coefficient (Wildman–Crippen LogP) is 21.9. The molecule has 11 heteroatoms. The van der Waals surface area contributed by atoms with Crippen molar-refractivity contribution in [1.82, 2.24) is 19.8 Å². The normalized spacial score (nSPS) is 14.7. The number of hydrogen-bond acceptors (Lipinski definition) is 8. The van der Waals surface area contributed by atoms with E-state index in [-0.39, 0.29) is 11.8 Å². The Balaban J connectivity index is 1.45. The van der Waals surface area contributed by atoms with E-state index in [1.54, 1.807) is 34.0 Å². The molecule has 422 valence electrons. The van der Waals surface area contributed by atoms with E-state index in [0.717, 1.165) is 69.7 Å². The summed E-state index contributed by atoms with van der Waals surface area (Å²) in [5.74, 6) is 0.622. The quantitative estimate of drug-likeness (QED) is 0.0415. The lowest BCUT2D eigenvalue weighted by atomic mass is 9.93. The maximum atomic E-state index is 16.0. The Morgan fingerprint density at radius 3 is 1.20 bits per heavy atom. The van der Waals surface area contributed by atoms with Gasteiger partial charge in [-0.15, -0.1) is 45.3 Å². The van der Waals surface area contributed by atoms with E-state index < -0.39 is 0 Å². The summed E-state index contributed by atoms with van der Waals surface area (Å²) in [4.78, 5) is 52.5. The van der Waals surface area contributed by atoms with Crippen LogP contribution in [0.2, 0.25) is 0 Å². The van der Waals surface area contributed by atoms with Gasteiger partial charge in [-0.05, 0) is 109 Å². The maximum absolute atomic E-state index is 16.0. The number of amides is 2. The number of halogens is 1. The Hall–Kier alpha value is -2.44. The van der Waals surface area contributed by atoms with Crippen molar-refractivity contribution < 1.29 is 9.59 Å². The van der Waals surface area contributed by atoms with Crippen LogP contribution in [-0.4, -0.2) is 44.7 Å². The van der Waals surface area contributed by atoms with Crippen LogP contribution in [0.5, 0.6) is 0 Å². The van der Waals surface area contributed by atoms with Gasteiger partial charge in [0.2, 0.25) is 0 Å². The van der Waals surface area contributed by atoms with Gasteiger partial charge in [0.25, 0.3) is 11.8 Å². The van der Waals surface area contributed by atoms with E-state index in [2.05, 4.69) is 81.4 Å². The van der Waals surface area contributed by atoms with Crippen LogP contribution >= 0.6 is 61.3 Å². The fourth-order valence-electron chi connectivity index (χ4n) is 11.6. The standard InChI is InChI=1S/C65H99BrN4O2S4/c1-8-14-20-26-28-32-38-49(36-30-22-16-10-3)46-69-59(62-67-44-55(75-62)53-42-51(48(7)73-53)40-34-24-18-12-5)57-58(65(69)72)60(63-68-45-56(76-63)54-43-52(61(66)74-54)41-35-25-19-13-6)70(64(57)71)47-50(37-31-23-17-11-4)39-33-29-27-21-15-9-2/h42-45,49-50H,8-41,46-47H2,1-7H3. The molecule has 0 fully saturated rings. The number of nitrogens with zero attached hydrogens (tertiary/aromatic N) is 4. The third-order valence-corrected chi connectivity index (χ3v) is 21.7. The van der Waals surface area contributed by atoms with Crippen molar-refractivity contribution in [2.24, 2.45) is 11.8 Å². The van der Waals surface area contributed by atoms with Crippen molar-refractivity contribution >= 4 is 84.5 Å². The van der Waals surface area contributed by atoms with Crippen molar-refractivity contribution in [2.45, 2.75) is 267 Å². The van der Waals surface area contributed by atoms with Crippen LogP contribution in [-0.2, 0) is 22.4 Å². The van der Waals surface area contributed by atoms with Crippen molar-refractivity contribution in [3.63, 3.8) is 0 Å². The monoisotopic (exact) mass is 1170 g/mol. The van der Waals surface area contributed by atoms with Gasteiger partial charge in [-0.25, -0.2) is 9.97 Å². The van der Waals surface area contributed by atoms with Gasteiger partial charge >= 0.3 is 0 Å². The van der Waals surface area contributed by atoms with Crippen LogP contribution < -0.4 is 0 Å². The van der Waals surface area contributed by atoms with Gasteiger partial charge in [-0.1, -0.05) is 208 Å². The molecule has 6 nitrogen and oxygen atoms in total. The van der Waals surface area contributed by atoms with Crippen LogP contribution in [0.25, 0.3) is 30.9 Å². The summed E-state index contributed by atoms with van der Waals surface area (Å²) >= 11 is 10.9. The van der Waals surface area contributed by atoms with Crippen molar-refractivity contribution in [3.05, 3.63) is 65.5 Å². The first-order valence-electron chi connectivity index (χ1n) is 31.1. The van der Waals surface area contributed by atoms with Crippen LogP contribution in [0, 0.1) is 18.8 Å². The number of thiazole rings is 2. The summed E-state index contributed by atoms with van der Waals surface area (Å²) in [5.41, 5.74) is 5.42. The largest absolute Gasteiger partial charge is 0.304 e. The van der Waals surface area contributed by atoms with Gasteiger partial charge in [0.05, 0.1) is 36.1 Å². The zero-order valence-corrected chi connectivity index (χ0v) is 53.4. The topological polar surface area (TPSA) is 66.4 Å². The summed E-state index contributed by atoms with van der Waals surface area (Å²) in [6.45, 7) is 17.2. The summed E-state index contributed by atoms with van der Waals surface area (Å²) in [6, 6.07) is 4.74. The number of carbonyl (C=O) groups excluding carboxylic acids is 2. The number of aromatic nitrogens is 2. The van der Waals surface area contributed by atoms with Gasteiger partial charge in [-0.2, -0.15) is 0 Å². The van der Waals surface area contributed by atoms with E-state index in [1.807, 2.05) is 28.6 Å². The molecule has 0 N–H and O–H groups in total. The van der Waals surface area contributed by atoms with Crippen LogP contribution in [0.4, 0.5) is 0 Å². The average molecular weight is 1180 g/mol. The lowest BCUT2D eigenvalue weighted by molar-refractivity contribution is -0.124. The first kappa shape index (κ1) is 62.8. The van der Waals surface area contributed by atoms with E-state index >= 15 is 9.59 Å². The Kier molecular flexibility index (Phi) is 28.6. The third kappa shape index (κ3) is 18.3. The van der Waals surface area contributed by atoms with E-state index in [9.17, 15) is 0 Å². The number of hydrogen-bond donors (Lipinski definition) is 0. The molecule has 0 spiro atoms. The summed E-state index contributed by atoms with van der Waals surface area (Å²) < 4.78 is 1.19. The Morgan fingerprint density at radius 2 is 0.776 bits per heavy atom. The predicted molar refractivity (Wildman–Crippen MR) is 337 cm³/mol. The molecule has 0 bridgehead atoms.